The van der Waals surface area contributed by atoms with Crippen LogP contribution in [0.3, 0.4) is 0 Å². The smallest absolute Gasteiger partial charge is 0.240 e. The largest absolute Gasteiger partial charge is 0.338 e. The molecule has 1 aliphatic heterocycles. The van der Waals surface area contributed by atoms with E-state index < -0.39 is 16.9 Å². The Labute approximate surface area is 168 Å². The summed E-state index contributed by atoms with van der Waals surface area (Å²) in [7, 11) is 0. The number of benzene rings is 2. The minimum absolute atomic E-state index is 0. The zero-order valence-electron chi connectivity index (χ0n) is 15.0. The molecular weight excluding hydrogens is 390 g/mol. The van der Waals surface area contributed by atoms with Gasteiger partial charge in [-0.3, -0.25) is 4.79 Å². The number of nitrogens with zero attached hydrogens (tertiary/aromatic N) is 1. The second kappa shape index (κ2) is 9.53. The average molecular weight is 413 g/mol. The van der Waals surface area contributed by atoms with Crippen LogP contribution < -0.4 is 5.73 Å². The normalized spacial score (nSPS) is 20.2. The van der Waals surface area contributed by atoms with Crippen molar-refractivity contribution in [1.82, 2.24) is 4.90 Å². The lowest BCUT2D eigenvalue weighted by molar-refractivity contribution is -0.131. The topological polar surface area (TPSA) is 46.3 Å². The van der Waals surface area contributed by atoms with Crippen molar-refractivity contribution < 1.29 is 13.6 Å². The summed E-state index contributed by atoms with van der Waals surface area (Å²) in [5.74, 6) is -1.52. The fraction of sp³-hybridized carbons (Fsp3) is 0.350. The van der Waals surface area contributed by atoms with E-state index in [4.69, 9.17) is 5.73 Å². The van der Waals surface area contributed by atoms with E-state index in [1.807, 2.05) is 42.2 Å². The fourth-order valence-electron chi connectivity index (χ4n) is 3.35. The summed E-state index contributed by atoms with van der Waals surface area (Å²) < 4.78 is 26.8. The number of amides is 1. The maximum Gasteiger partial charge on any atom is 0.240 e. The van der Waals surface area contributed by atoms with Crippen molar-refractivity contribution in [2.75, 3.05) is 13.1 Å². The van der Waals surface area contributed by atoms with E-state index in [-0.39, 0.29) is 24.4 Å². The molecule has 0 radical (unpaired) electrons. The second-order valence-electron chi connectivity index (χ2n) is 6.66. The van der Waals surface area contributed by atoms with Gasteiger partial charge in [0.05, 0.1) is 0 Å². The van der Waals surface area contributed by atoms with Gasteiger partial charge in [0.25, 0.3) is 0 Å². The SMILES string of the molecule is CC1CC(CN)CN1C(=O)C(Sc1ccc(F)c(F)c1)c1ccccc1.Cl. The molecule has 2 N–H and O–H groups in total. The van der Waals surface area contributed by atoms with Gasteiger partial charge < -0.3 is 10.6 Å². The summed E-state index contributed by atoms with van der Waals surface area (Å²) in [6.45, 7) is 3.22. The monoisotopic (exact) mass is 412 g/mol. The van der Waals surface area contributed by atoms with E-state index in [0.717, 1.165) is 24.1 Å². The average Bonchev–Trinajstić information content (AvgIpc) is 3.03. The van der Waals surface area contributed by atoms with E-state index in [9.17, 15) is 13.6 Å². The molecule has 0 spiro atoms. The number of halogens is 3. The predicted molar refractivity (Wildman–Crippen MR) is 107 cm³/mol. The summed E-state index contributed by atoms with van der Waals surface area (Å²) >= 11 is 1.24. The number of hydrogen-bond acceptors (Lipinski definition) is 3. The Bertz CT molecular complexity index is 778. The molecule has 1 amide bonds. The highest BCUT2D eigenvalue weighted by Crippen LogP contribution is 2.39. The maximum absolute atomic E-state index is 13.6. The molecule has 27 heavy (non-hydrogen) atoms. The second-order valence-corrected chi connectivity index (χ2v) is 7.84. The van der Waals surface area contributed by atoms with Gasteiger partial charge in [-0.25, -0.2) is 8.78 Å². The number of rotatable bonds is 5. The third-order valence-corrected chi connectivity index (χ3v) is 5.99. The van der Waals surface area contributed by atoms with Gasteiger partial charge in [0, 0.05) is 17.5 Å². The minimum Gasteiger partial charge on any atom is -0.338 e. The number of thioether (sulfide) groups is 1. The molecule has 3 atom stereocenters. The maximum atomic E-state index is 13.6. The number of carbonyl (C=O) groups excluding carboxylic acids is 1. The van der Waals surface area contributed by atoms with Crippen molar-refractivity contribution in [2.24, 2.45) is 11.7 Å². The van der Waals surface area contributed by atoms with Crippen LogP contribution in [-0.4, -0.2) is 29.9 Å². The third-order valence-electron chi connectivity index (χ3n) is 4.75. The van der Waals surface area contributed by atoms with Crippen LogP contribution >= 0.6 is 24.2 Å². The number of nitrogens with two attached hydrogens (primary N) is 1. The van der Waals surface area contributed by atoms with Gasteiger partial charge in [-0.2, -0.15) is 0 Å². The number of hydrogen-bond donors (Lipinski definition) is 1. The van der Waals surface area contributed by atoms with Crippen LogP contribution in [-0.2, 0) is 4.79 Å². The Kier molecular flexibility index (Phi) is 7.65. The minimum atomic E-state index is -0.910. The lowest BCUT2D eigenvalue weighted by Crippen LogP contribution is -2.37. The standard InChI is InChI=1S/C20H22F2N2OS.ClH/c1-13-9-14(11-23)12-24(13)20(25)19(15-5-3-2-4-6-15)26-16-7-8-17(21)18(22)10-16;/h2-8,10,13-14,19H,9,11-12,23H2,1H3;1H. The number of likely N-dealkylation sites (tertiary alicyclic amines) is 1. The molecule has 2 aromatic rings. The molecule has 2 aromatic carbocycles. The van der Waals surface area contributed by atoms with Crippen molar-refractivity contribution in [1.29, 1.82) is 0 Å². The highest BCUT2D eigenvalue weighted by molar-refractivity contribution is 8.00. The molecule has 146 valence electrons. The van der Waals surface area contributed by atoms with Crippen LogP contribution in [0.15, 0.2) is 53.4 Å². The Balaban J connectivity index is 0.00000261. The van der Waals surface area contributed by atoms with Crippen molar-refractivity contribution >= 4 is 30.1 Å². The third kappa shape index (κ3) is 5.00. The zero-order chi connectivity index (χ0) is 18.7. The zero-order valence-corrected chi connectivity index (χ0v) is 16.6. The Morgan fingerprint density at radius 1 is 1.22 bits per heavy atom. The van der Waals surface area contributed by atoms with E-state index in [0.29, 0.717) is 23.9 Å². The van der Waals surface area contributed by atoms with Gasteiger partial charge >= 0.3 is 0 Å². The molecule has 1 aliphatic rings. The first-order valence-corrected chi connectivity index (χ1v) is 9.54. The number of carbonyl (C=O) groups is 1. The molecular formula is C20H23ClF2N2OS. The molecule has 0 aliphatic carbocycles. The first-order chi connectivity index (χ1) is 12.5. The Morgan fingerprint density at radius 3 is 2.52 bits per heavy atom. The van der Waals surface area contributed by atoms with Crippen LogP contribution in [0.5, 0.6) is 0 Å². The summed E-state index contributed by atoms with van der Waals surface area (Å²) in [6.07, 6.45) is 0.888. The Morgan fingerprint density at radius 2 is 1.93 bits per heavy atom. The fourth-order valence-corrected chi connectivity index (χ4v) is 4.47. The molecule has 3 nitrogen and oxygen atoms in total. The quantitative estimate of drug-likeness (QED) is 0.739. The Hall–Kier alpha value is -1.63. The van der Waals surface area contributed by atoms with E-state index in [2.05, 4.69) is 0 Å². The van der Waals surface area contributed by atoms with Crippen LogP contribution in [0.25, 0.3) is 0 Å². The van der Waals surface area contributed by atoms with Crippen molar-refractivity contribution in [3.8, 4) is 0 Å². The lowest BCUT2D eigenvalue weighted by atomic mass is 10.1. The lowest BCUT2D eigenvalue weighted by Gasteiger charge is -2.27. The summed E-state index contributed by atoms with van der Waals surface area (Å²) in [5, 5.41) is -0.514. The van der Waals surface area contributed by atoms with Gasteiger partial charge in [0.15, 0.2) is 11.6 Å². The van der Waals surface area contributed by atoms with E-state index in [1.54, 1.807) is 0 Å². The molecule has 1 heterocycles. The highest BCUT2D eigenvalue weighted by atomic mass is 35.5. The molecule has 0 aromatic heterocycles. The summed E-state index contributed by atoms with van der Waals surface area (Å²) in [5.41, 5.74) is 6.62. The molecule has 3 unspecified atom stereocenters. The van der Waals surface area contributed by atoms with Crippen LogP contribution in [0.2, 0.25) is 0 Å². The molecule has 1 saturated heterocycles. The van der Waals surface area contributed by atoms with Gasteiger partial charge in [-0.05, 0) is 49.6 Å². The molecule has 7 heteroatoms. The summed E-state index contributed by atoms with van der Waals surface area (Å²) in [6, 6.07) is 13.3. The van der Waals surface area contributed by atoms with Crippen molar-refractivity contribution in [3.63, 3.8) is 0 Å². The molecule has 0 saturated carbocycles. The van der Waals surface area contributed by atoms with Crippen LogP contribution in [0.4, 0.5) is 8.78 Å². The highest BCUT2D eigenvalue weighted by Gasteiger charge is 2.36. The van der Waals surface area contributed by atoms with Gasteiger partial charge in [-0.1, -0.05) is 30.3 Å². The summed E-state index contributed by atoms with van der Waals surface area (Å²) in [4.78, 5) is 15.7. The molecule has 0 bridgehead atoms. The molecule has 3 rings (SSSR count). The van der Waals surface area contributed by atoms with Gasteiger partial charge in [0.2, 0.25) is 5.91 Å². The van der Waals surface area contributed by atoms with Crippen LogP contribution in [0.1, 0.15) is 24.2 Å². The van der Waals surface area contributed by atoms with E-state index in [1.165, 1.54) is 17.8 Å². The van der Waals surface area contributed by atoms with Gasteiger partial charge in [-0.15, -0.1) is 24.2 Å². The molecule has 1 fully saturated rings. The first-order valence-electron chi connectivity index (χ1n) is 8.66. The predicted octanol–water partition coefficient (Wildman–Crippen LogP) is 4.42. The first kappa shape index (κ1) is 21.7. The van der Waals surface area contributed by atoms with E-state index >= 15 is 0 Å². The van der Waals surface area contributed by atoms with Gasteiger partial charge in [0.1, 0.15) is 5.25 Å². The van der Waals surface area contributed by atoms with Crippen LogP contribution in [0, 0.1) is 17.6 Å². The van der Waals surface area contributed by atoms with Crippen molar-refractivity contribution in [3.05, 3.63) is 65.7 Å². The van der Waals surface area contributed by atoms with Crippen molar-refractivity contribution in [2.45, 2.75) is 29.5 Å².